The molecule has 3 nitrogen and oxygen atoms in total. The zero-order valence-electron chi connectivity index (χ0n) is 10.9. The number of aromatic nitrogens is 2. The maximum absolute atomic E-state index is 14.8. The number of anilines is 1. The zero-order valence-corrected chi connectivity index (χ0v) is 10.9. The van der Waals surface area contributed by atoms with Crippen molar-refractivity contribution in [2.45, 2.75) is 0 Å². The molecule has 2 heterocycles. The summed E-state index contributed by atoms with van der Waals surface area (Å²) in [5, 5.41) is 0. The topological polar surface area (TPSA) is 51.8 Å². The van der Waals surface area contributed by atoms with Gasteiger partial charge in [-0.1, -0.05) is 12.1 Å². The van der Waals surface area contributed by atoms with Gasteiger partial charge in [0.15, 0.2) is 0 Å². The van der Waals surface area contributed by atoms with E-state index in [4.69, 9.17) is 5.73 Å². The van der Waals surface area contributed by atoms with E-state index in [-0.39, 0.29) is 16.8 Å². The number of nitrogen functional groups attached to an aromatic ring is 1. The molecule has 3 aromatic rings. The second-order valence-electron chi connectivity index (χ2n) is 4.50. The van der Waals surface area contributed by atoms with Crippen LogP contribution in [0.4, 0.5) is 14.5 Å². The van der Waals surface area contributed by atoms with E-state index in [1.165, 1.54) is 12.4 Å². The van der Waals surface area contributed by atoms with Crippen molar-refractivity contribution in [2.24, 2.45) is 0 Å². The second-order valence-corrected chi connectivity index (χ2v) is 4.50. The van der Waals surface area contributed by atoms with Crippen LogP contribution in [0.2, 0.25) is 0 Å². The normalized spacial score (nSPS) is 10.6. The number of pyridine rings is 2. The Morgan fingerprint density at radius 1 is 0.857 bits per heavy atom. The van der Waals surface area contributed by atoms with Crippen LogP contribution in [0.3, 0.4) is 0 Å². The molecular formula is C16H11F2N3. The molecule has 0 amide bonds. The lowest BCUT2D eigenvalue weighted by atomic mass is 9.97. The smallest absolute Gasteiger partial charge is 0.143 e. The molecule has 0 fully saturated rings. The highest BCUT2D eigenvalue weighted by atomic mass is 19.1. The summed E-state index contributed by atoms with van der Waals surface area (Å²) in [4.78, 5) is 7.83. The first-order chi connectivity index (χ1) is 10.2. The maximum atomic E-state index is 14.8. The minimum Gasteiger partial charge on any atom is -0.398 e. The molecule has 0 aliphatic carbocycles. The van der Waals surface area contributed by atoms with E-state index in [0.717, 1.165) is 6.07 Å². The molecule has 104 valence electrons. The van der Waals surface area contributed by atoms with Gasteiger partial charge in [-0.15, -0.1) is 0 Å². The molecule has 1 aromatic carbocycles. The molecular weight excluding hydrogens is 272 g/mol. The molecule has 3 rings (SSSR count). The maximum Gasteiger partial charge on any atom is 0.143 e. The standard InChI is InChI=1S/C16H11F2N3/c17-12-7-13(19)15(11-4-2-6-21-9-11)16(18)14(12)10-3-1-5-20-8-10/h1-9H,19H2. The molecule has 0 unspecified atom stereocenters. The number of nitrogens with zero attached hydrogens (tertiary/aromatic N) is 2. The van der Waals surface area contributed by atoms with Crippen LogP contribution < -0.4 is 5.73 Å². The summed E-state index contributed by atoms with van der Waals surface area (Å²) < 4.78 is 28.9. The van der Waals surface area contributed by atoms with Crippen LogP contribution in [-0.2, 0) is 0 Å². The molecule has 0 aliphatic heterocycles. The molecule has 0 spiro atoms. The fraction of sp³-hybridized carbons (Fsp3) is 0. The van der Waals surface area contributed by atoms with Crippen LogP contribution in [0, 0.1) is 11.6 Å². The minimum atomic E-state index is -0.717. The van der Waals surface area contributed by atoms with E-state index in [0.29, 0.717) is 11.1 Å². The summed E-state index contributed by atoms with van der Waals surface area (Å²) in [5.74, 6) is -1.43. The molecule has 2 N–H and O–H groups in total. The van der Waals surface area contributed by atoms with Crippen molar-refractivity contribution in [3.05, 3.63) is 66.8 Å². The molecule has 0 saturated carbocycles. The van der Waals surface area contributed by atoms with Crippen LogP contribution >= 0.6 is 0 Å². The van der Waals surface area contributed by atoms with Gasteiger partial charge in [-0.3, -0.25) is 9.97 Å². The van der Waals surface area contributed by atoms with E-state index in [1.807, 2.05) is 0 Å². The second kappa shape index (κ2) is 5.28. The van der Waals surface area contributed by atoms with Gasteiger partial charge in [0.25, 0.3) is 0 Å². The van der Waals surface area contributed by atoms with Gasteiger partial charge < -0.3 is 5.73 Å². The molecule has 0 radical (unpaired) electrons. The van der Waals surface area contributed by atoms with Crippen molar-refractivity contribution in [1.82, 2.24) is 9.97 Å². The Morgan fingerprint density at radius 3 is 1.95 bits per heavy atom. The Kier molecular flexibility index (Phi) is 3.31. The largest absolute Gasteiger partial charge is 0.398 e. The van der Waals surface area contributed by atoms with Crippen molar-refractivity contribution in [1.29, 1.82) is 0 Å². The van der Waals surface area contributed by atoms with E-state index < -0.39 is 11.6 Å². The summed E-state index contributed by atoms with van der Waals surface area (Å²) >= 11 is 0. The van der Waals surface area contributed by atoms with Crippen molar-refractivity contribution in [3.8, 4) is 22.3 Å². The van der Waals surface area contributed by atoms with Crippen LogP contribution in [0.15, 0.2) is 55.1 Å². The molecule has 0 atom stereocenters. The Hall–Kier alpha value is -2.82. The number of hydrogen-bond donors (Lipinski definition) is 1. The number of halogens is 2. The predicted molar refractivity (Wildman–Crippen MR) is 77.2 cm³/mol. The van der Waals surface area contributed by atoms with Gasteiger partial charge in [-0.05, 0) is 18.2 Å². The summed E-state index contributed by atoms with van der Waals surface area (Å²) in [6.07, 6.45) is 6.01. The number of benzene rings is 1. The fourth-order valence-corrected chi connectivity index (χ4v) is 2.22. The van der Waals surface area contributed by atoms with Crippen LogP contribution in [0.5, 0.6) is 0 Å². The highest BCUT2D eigenvalue weighted by Crippen LogP contribution is 2.36. The highest BCUT2D eigenvalue weighted by Gasteiger charge is 2.20. The van der Waals surface area contributed by atoms with Gasteiger partial charge in [-0.2, -0.15) is 0 Å². The van der Waals surface area contributed by atoms with E-state index in [1.54, 1.807) is 36.7 Å². The predicted octanol–water partition coefficient (Wildman–Crippen LogP) is 3.67. The summed E-state index contributed by atoms with van der Waals surface area (Å²) in [5.41, 5.74) is 6.67. The number of hydrogen-bond acceptors (Lipinski definition) is 3. The monoisotopic (exact) mass is 283 g/mol. The van der Waals surface area contributed by atoms with Crippen molar-refractivity contribution in [3.63, 3.8) is 0 Å². The quantitative estimate of drug-likeness (QED) is 0.730. The SMILES string of the molecule is Nc1cc(F)c(-c2cccnc2)c(F)c1-c1cccnc1. The van der Waals surface area contributed by atoms with Gasteiger partial charge in [0.2, 0.25) is 0 Å². The lowest BCUT2D eigenvalue weighted by molar-refractivity contribution is 0.592. The van der Waals surface area contributed by atoms with Crippen LogP contribution in [0.1, 0.15) is 0 Å². The molecule has 0 saturated heterocycles. The number of nitrogens with two attached hydrogens (primary N) is 1. The zero-order chi connectivity index (χ0) is 14.8. The summed E-state index contributed by atoms with van der Waals surface area (Å²) in [7, 11) is 0. The summed E-state index contributed by atoms with van der Waals surface area (Å²) in [6.45, 7) is 0. The first-order valence-corrected chi connectivity index (χ1v) is 6.26. The van der Waals surface area contributed by atoms with Gasteiger partial charge in [0, 0.05) is 47.2 Å². The summed E-state index contributed by atoms with van der Waals surface area (Å²) in [6, 6.07) is 7.67. The third kappa shape index (κ3) is 2.33. The highest BCUT2D eigenvalue weighted by molar-refractivity contribution is 5.82. The van der Waals surface area contributed by atoms with E-state index >= 15 is 0 Å². The Morgan fingerprint density at radius 2 is 1.43 bits per heavy atom. The minimum absolute atomic E-state index is 0.0330. The lowest BCUT2D eigenvalue weighted by Gasteiger charge is -2.12. The molecule has 2 aromatic heterocycles. The lowest BCUT2D eigenvalue weighted by Crippen LogP contribution is -2.00. The van der Waals surface area contributed by atoms with Gasteiger partial charge >= 0.3 is 0 Å². The van der Waals surface area contributed by atoms with Crippen LogP contribution in [0.25, 0.3) is 22.3 Å². The molecule has 21 heavy (non-hydrogen) atoms. The molecule has 5 heteroatoms. The van der Waals surface area contributed by atoms with Gasteiger partial charge in [0.05, 0.1) is 5.56 Å². The fourth-order valence-electron chi connectivity index (χ4n) is 2.22. The van der Waals surface area contributed by atoms with Crippen molar-refractivity contribution >= 4 is 5.69 Å². The Labute approximate surface area is 120 Å². The first-order valence-electron chi connectivity index (χ1n) is 6.26. The van der Waals surface area contributed by atoms with Crippen LogP contribution in [-0.4, -0.2) is 9.97 Å². The van der Waals surface area contributed by atoms with E-state index in [9.17, 15) is 8.78 Å². The van der Waals surface area contributed by atoms with Crippen molar-refractivity contribution in [2.75, 3.05) is 5.73 Å². The Balaban J connectivity index is 2.29. The average Bonchev–Trinajstić information content (AvgIpc) is 2.49. The Bertz CT molecular complexity index is 711. The first kappa shape index (κ1) is 13.2. The third-order valence-corrected chi connectivity index (χ3v) is 3.15. The van der Waals surface area contributed by atoms with Crippen molar-refractivity contribution < 1.29 is 8.78 Å². The molecule has 0 bridgehead atoms. The van der Waals surface area contributed by atoms with E-state index in [2.05, 4.69) is 9.97 Å². The third-order valence-electron chi connectivity index (χ3n) is 3.15. The van der Waals surface area contributed by atoms with Gasteiger partial charge in [-0.25, -0.2) is 8.78 Å². The molecule has 0 aliphatic rings. The number of rotatable bonds is 2. The average molecular weight is 283 g/mol. The van der Waals surface area contributed by atoms with Gasteiger partial charge in [0.1, 0.15) is 11.6 Å².